The molecule has 0 fully saturated rings. The van der Waals surface area contributed by atoms with E-state index in [1.807, 2.05) is 18.2 Å². The van der Waals surface area contributed by atoms with Crippen LogP contribution in [0.25, 0.3) is 0 Å². The van der Waals surface area contributed by atoms with E-state index < -0.39 is 0 Å². The number of hydrogen-bond acceptors (Lipinski definition) is 4. The Morgan fingerprint density at radius 1 is 1.29 bits per heavy atom. The molecular weight excluding hydrogens is 238 g/mol. The molecular formula is C12H15NO3S. The van der Waals surface area contributed by atoms with Gasteiger partial charge in [-0.1, -0.05) is 12.2 Å². The summed E-state index contributed by atoms with van der Waals surface area (Å²) >= 11 is 4.80. The van der Waals surface area contributed by atoms with Gasteiger partial charge in [-0.25, -0.2) is 0 Å². The maximum Gasteiger partial charge on any atom is 0.231 e. The lowest BCUT2D eigenvalue weighted by molar-refractivity contribution is 0.173. The standard InChI is InChI=1S/C12H15NO3S/c13-12(17)3-1-2-6-14-9-4-5-10-11(7-9)16-8-15-10/h4-5,7H,1-3,6,8H2,(H2,13,17). The van der Waals surface area contributed by atoms with Gasteiger partial charge in [-0.3, -0.25) is 0 Å². The van der Waals surface area contributed by atoms with Crippen molar-refractivity contribution in [3.63, 3.8) is 0 Å². The van der Waals surface area contributed by atoms with E-state index in [0.717, 1.165) is 36.5 Å². The van der Waals surface area contributed by atoms with Gasteiger partial charge in [-0.2, -0.15) is 0 Å². The van der Waals surface area contributed by atoms with Crippen LogP contribution in [0.1, 0.15) is 19.3 Å². The van der Waals surface area contributed by atoms with Crippen molar-refractivity contribution >= 4 is 17.2 Å². The number of ether oxygens (including phenoxy) is 3. The molecule has 0 saturated carbocycles. The third kappa shape index (κ3) is 3.49. The molecule has 0 bridgehead atoms. The summed E-state index contributed by atoms with van der Waals surface area (Å²) in [6, 6.07) is 5.57. The molecule has 0 aliphatic carbocycles. The molecule has 92 valence electrons. The van der Waals surface area contributed by atoms with Crippen molar-refractivity contribution in [1.82, 2.24) is 0 Å². The molecule has 0 saturated heterocycles. The molecule has 1 aliphatic heterocycles. The second-order valence-electron chi connectivity index (χ2n) is 3.79. The minimum Gasteiger partial charge on any atom is -0.493 e. The molecule has 2 rings (SSSR count). The quantitative estimate of drug-likeness (QED) is 0.622. The zero-order valence-electron chi connectivity index (χ0n) is 9.48. The monoisotopic (exact) mass is 253 g/mol. The van der Waals surface area contributed by atoms with E-state index in [9.17, 15) is 0 Å². The van der Waals surface area contributed by atoms with Crippen LogP contribution < -0.4 is 19.9 Å². The van der Waals surface area contributed by atoms with Crippen molar-refractivity contribution < 1.29 is 14.2 Å². The van der Waals surface area contributed by atoms with E-state index in [0.29, 0.717) is 11.6 Å². The number of nitrogens with two attached hydrogens (primary N) is 1. The number of thiocarbonyl (C=S) groups is 1. The fourth-order valence-electron chi connectivity index (χ4n) is 1.56. The van der Waals surface area contributed by atoms with Crippen molar-refractivity contribution in [3.8, 4) is 17.2 Å². The van der Waals surface area contributed by atoms with E-state index in [1.54, 1.807) is 0 Å². The van der Waals surface area contributed by atoms with E-state index in [4.69, 9.17) is 32.2 Å². The van der Waals surface area contributed by atoms with Crippen LogP contribution in [0.5, 0.6) is 17.2 Å². The van der Waals surface area contributed by atoms with Crippen molar-refractivity contribution in [1.29, 1.82) is 0 Å². The van der Waals surface area contributed by atoms with Gasteiger partial charge in [0.15, 0.2) is 11.5 Å². The Hall–Kier alpha value is -1.49. The molecule has 0 spiro atoms. The number of benzene rings is 1. The third-order valence-electron chi connectivity index (χ3n) is 2.43. The molecule has 17 heavy (non-hydrogen) atoms. The number of hydrogen-bond donors (Lipinski definition) is 1. The summed E-state index contributed by atoms with van der Waals surface area (Å²) < 4.78 is 16.1. The van der Waals surface area contributed by atoms with Gasteiger partial charge in [0.1, 0.15) is 5.75 Å². The number of rotatable bonds is 6. The van der Waals surface area contributed by atoms with Gasteiger partial charge in [0.25, 0.3) is 0 Å². The predicted molar refractivity (Wildman–Crippen MR) is 68.7 cm³/mol. The SMILES string of the molecule is NC(=S)CCCCOc1ccc2c(c1)OCO2. The highest BCUT2D eigenvalue weighted by Gasteiger charge is 2.13. The summed E-state index contributed by atoms with van der Waals surface area (Å²) in [6.07, 6.45) is 2.67. The summed E-state index contributed by atoms with van der Waals surface area (Å²) in [7, 11) is 0. The molecule has 0 aromatic heterocycles. The normalized spacial score (nSPS) is 12.5. The second-order valence-corrected chi connectivity index (χ2v) is 4.31. The zero-order valence-corrected chi connectivity index (χ0v) is 10.3. The van der Waals surface area contributed by atoms with Crippen LogP contribution >= 0.6 is 12.2 Å². The fraction of sp³-hybridized carbons (Fsp3) is 0.417. The summed E-state index contributed by atoms with van der Waals surface area (Å²) in [5.41, 5.74) is 5.41. The first kappa shape index (κ1) is 12.0. The highest BCUT2D eigenvalue weighted by Crippen LogP contribution is 2.35. The fourth-order valence-corrected chi connectivity index (χ4v) is 1.70. The molecule has 0 unspecified atom stereocenters. The van der Waals surface area contributed by atoms with Gasteiger partial charge in [0, 0.05) is 6.07 Å². The highest BCUT2D eigenvalue weighted by atomic mass is 32.1. The Balaban J connectivity index is 1.74. The van der Waals surface area contributed by atoms with Crippen molar-refractivity contribution in [2.24, 2.45) is 5.73 Å². The summed E-state index contributed by atoms with van der Waals surface area (Å²) in [4.78, 5) is 0.563. The molecule has 1 heterocycles. The van der Waals surface area contributed by atoms with Crippen LogP contribution in [-0.2, 0) is 0 Å². The minimum absolute atomic E-state index is 0.284. The average molecular weight is 253 g/mol. The van der Waals surface area contributed by atoms with Gasteiger partial charge in [-0.15, -0.1) is 0 Å². The Bertz CT molecular complexity index is 409. The molecule has 1 aromatic carbocycles. The Morgan fingerprint density at radius 2 is 2.12 bits per heavy atom. The maximum absolute atomic E-state index is 5.59. The van der Waals surface area contributed by atoms with Crippen LogP contribution in [0.3, 0.4) is 0 Å². The van der Waals surface area contributed by atoms with Gasteiger partial charge >= 0.3 is 0 Å². The lowest BCUT2D eigenvalue weighted by Gasteiger charge is -2.06. The minimum atomic E-state index is 0.284. The first-order chi connectivity index (χ1) is 8.25. The van der Waals surface area contributed by atoms with E-state index in [1.165, 1.54) is 0 Å². The number of unbranched alkanes of at least 4 members (excludes halogenated alkanes) is 1. The molecule has 4 nitrogen and oxygen atoms in total. The average Bonchev–Trinajstić information content (AvgIpc) is 2.75. The second kappa shape index (κ2) is 5.72. The lowest BCUT2D eigenvalue weighted by atomic mass is 10.2. The van der Waals surface area contributed by atoms with E-state index in [2.05, 4.69) is 0 Å². The van der Waals surface area contributed by atoms with Gasteiger partial charge in [-0.05, 0) is 31.4 Å². The highest BCUT2D eigenvalue weighted by molar-refractivity contribution is 7.80. The molecule has 1 aliphatic rings. The number of fused-ring (bicyclic) bond motifs is 1. The van der Waals surface area contributed by atoms with E-state index >= 15 is 0 Å². The van der Waals surface area contributed by atoms with E-state index in [-0.39, 0.29) is 6.79 Å². The lowest BCUT2D eigenvalue weighted by Crippen LogP contribution is -2.07. The first-order valence-electron chi connectivity index (χ1n) is 5.56. The Morgan fingerprint density at radius 3 is 2.94 bits per heavy atom. The van der Waals surface area contributed by atoms with Crippen LogP contribution in [-0.4, -0.2) is 18.4 Å². The molecule has 2 N–H and O–H groups in total. The van der Waals surface area contributed by atoms with Crippen molar-refractivity contribution in [2.45, 2.75) is 19.3 Å². The van der Waals surface area contributed by atoms with Gasteiger partial charge in [0.05, 0.1) is 11.6 Å². The van der Waals surface area contributed by atoms with Crippen LogP contribution in [0.4, 0.5) is 0 Å². The van der Waals surface area contributed by atoms with Crippen LogP contribution in [0, 0.1) is 0 Å². The van der Waals surface area contributed by atoms with Crippen LogP contribution in [0.15, 0.2) is 18.2 Å². The molecule has 1 aromatic rings. The predicted octanol–water partition coefficient (Wildman–Crippen LogP) is 2.25. The maximum atomic E-state index is 5.59. The smallest absolute Gasteiger partial charge is 0.231 e. The third-order valence-corrected chi connectivity index (χ3v) is 2.63. The Kier molecular flexibility index (Phi) is 4.03. The summed E-state index contributed by atoms with van der Waals surface area (Å²) in [6.45, 7) is 0.939. The Labute approximate surface area is 106 Å². The van der Waals surface area contributed by atoms with Crippen LogP contribution in [0.2, 0.25) is 0 Å². The van der Waals surface area contributed by atoms with Crippen molar-refractivity contribution in [2.75, 3.05) is 13.4 Å². The first-order valence-corrected chi connectivity index (χ1v) is 5.97. The molecule has 5 heteroatoms. The summed E-state index contributed by atoms with van der Waals surface area (Å²) in [5.74, 6) is 2.31. The van der Waals surface area contributed by atoms with Crippen molar-refractivity contribution in [3.05, 3.63) is 18.2 Å². The van der Waals surface area contributed by atoms with Gasteiger partial charge in [0.2, 0.25) is 6.79 Å². The van der Waals surface area contributed by atoms with Gasteiger partial charge < -0.3 is 19.9 Å². The molecule has 0 amide bonds. The largest absolute Gasteiger partial charge is 0.493 e. The molecule has 0 radical (unpaired) electrons. The topological polar surface area (TPSA) is 53.7 Å². The molecule has 0 atom stereocenters. The summed E-state index contributed by atoms with van der Waals surface area (Å²) in [5, 5.41) is 0. The zero-order chi connectivity index (χ0) is 12.1.